The Balaban J connectivity index is 2.16. The SMILES string of the molecule is CC1=[N+](S(=O)(=O)c2ccc3ccccc3c2)CCN1. The van der Waals surface area contributed by atoms with Crippen molar-refractivity contribution >= 4 is 26.6 Å². The van der Waals surface area contributed by atoms with E-state index in [1.54, 1.807) is 19.1 Å². The molecule has 0 aliphatic carbocycles. The summed E-state index contributed by atoms with van der Waals surface area (Å²) in [5.41, 5.74) is 0. The van der Waals surface area contributed by atoms with Gasteiger partial charge in [-0.2, -0.15) is 8.42 Å². The average molecular weight is 275 g/mol. The summed E-state index contributed by atoms with van der Waals surface area (Å²) in [5.74, 6) is 0.688. The number of nitrogens with one attached hydrogen (secondary N) is 1. The van der Waals surface area contributed by atoms with E-state index in [0.717, 1.165) is 10.8 Å². The molecule has 0 bridgehead atoms. The number of hydrogen-bond acceptors (Lipinski definition) is 3. The summed E-state index contributed by atoms with van der Waals surface area (Å²) in [6.07, 6.45) is 0. The smallest absolute Gasteiger partial charge is 0.274 e. The van der Waals surface area contributed by atoms with Crippen molar-refractivity contribution in [1.29, 1.82) is 0 Å². The third-order valence-electron chi connectivity index (χ3n) is 3.38. The van der Waals surface area contributed by atoms with Crippen molar-refractivity contribution in [3.05, 3.63) is 42.5 Å². The minimum absolute atomic E-state index is 0.342. The second kappa shape index (κ2) is 4.35. The van der Waals surface area contributed by atoms with Gasteiger partial charge in [-0.1, -0.05) is 30.3 Å². The molecule has 0 amide bonds. The van der Waals surface area contributed by atoms with E-state index in [4.69, 9.17) is 0 Å². The van der Waals surface area contributed by atoms with Crippen LogP contribution < -0.4 is 5.32 Å². The van der Waals surface area contributed by atoms with Crippen LogP contribution in [0, 0.1) is 0 Å². The lowest BCUT2D eigenvalue weighted by atomic mass is 10.1. The quantitative estimate of drug-likeness (QED) is 0.846. The zero-order valence-electron chi connectivity index (χ0n) is 10.6. The van der Waals surface area contributed by atoms with Gasteiger partial charge in [0.1, 0.15) is 18.0 Å². The molecule has 3 rings (SSSR count). The molecule has 2 aromatic carbocycles. The third kappa shape index (κ3) is 2.00. The zero-order valence-corrected chi connectivity index (χ0v) is 11.4. The molecule has 0 atom stereocenters. The van der Waals surface area contributed by atoms with Gasteiger partial charge in [0, 0.05) is 6.92 Å². The topological polar surface area (TPSA) is 49.2 Å². The van der Waals surface area contributed by atoms with Crippen LogP contribution in [0.25, 0.3) is 10.8 Å². The molecule has 0 aromatic heterocycles. The Labute approximate surface area is 112 Å². The molecule has 1 heterocycles. The van der Waals surface area contributed by atoms with Crippen LogP contribution in [0.4, 0.5) is 0 Å². The lowest BCUT2D eigenvalue weighted by Gasteiger charge is -2.05. The number of hydrogen-bond donors (Lipinski definition) is 1. The number of fused-ring (bicyclic) bond motifs is 1. The van der Waals surface area contributed by atoms with Crippen LogP contribution in [-0.4, -0.2) is 31.3 Å². The summed E-state index contributed by atoms with van der Waals surface area (Å²) < 4.78 is 26.5. The first kappa shape index (κ1) is 12.2. The van der Waals surface area contributed by atoms with Gasteiger partial charge >= 0.3 is 10.0 Å². The summed E-state index contributed by atoms with van der Waals surface area (Å²) in [4.78, 5) is 0.342. The second-order valence-corrected chi connectivity index (χ2v) is 6.46. The van der Waals surface area contributed by atoms with Crippen LogP contribution in [0.15, 0.2) is 47.4 Å². The van der Waals surface area contributed by atoms with Crippen LogP contribution in [0.1, 0.15) is 6.92 Å². The van der Waals surface area contributed by atoms with Gasteiger partial charge in [0.05, 0.1) is 0 Å². The van der Waals surface area contributed by atoms with Crippen LogP contribution >= 0.6 is 0 Å². The molecule has 0 radical (unpaired) electrons. The summed E-state index contributed by atoms with van der Waals surface area (Å²) in [6.45, 7) is 2.94. The zero-order chi connectivity index (χ0) is 13.5. The van der Waals surface area contributed by atoms with E-state index in [9.17, 15) is 8.42 Å². The molecule has 0 spiro atoms. The van der Waals surface area contributed by atoms with Crippen molar-refractivity contribution in [3.63, 3.8) is 0 Å². The highest BCUT2D eigenvalue weighted by Gasteiger charge is 2.30. The first-order chi connectivity index (χ1) is 9.09. The van der Waals surface area contributed by atoms with E-state index >= 15 is 0 Å². The fraction of sp³-hybridized carbons (Fsp3) is 0.214. The van der Waals surface area contributed by atoms with Crippen molar-refractivity contribution in [2.45, 2.75) is 11.8 Å². The molecule has 0 saturated heterocycles. The highest BCUT2D eigenvalue weighted by atomic mass is 32.2. The standard InChI is InChI=1S/C14H14N2O2S/c1-11-15-8-9-16(11)19(17,18)14-7-6-12-4-2-3-5-13(12)10-14/h2-7,10H,8-9H2,1H3/p+1. The fourth-order valence-electron chi connectivity index (χ4n) is 2.35. The first-order valence-corrected chi connectivity index (χ1v) is 7.62. The lowest BCUT2D eigenvalue weighted by Crippen LogP contribution is -2.25. The molecule has 98 valence electrons. The van der Waals surface area contributed by atoms with Crippen molar-refractivity contribution < 1.29 is 12.4 Å². The maximum absolute atomic E-state index is 12.6. The molecular formula is C14H15N2O2S+. The number of amidine groups is 1. The number of benzene rings is 2. The Hall–Kier alpha value is -1.88. The van der Waals surface area contributed by atoms with Crippen LogP contribution in [0.5, 0.6) is 0 Å². The van der Waals surface area contributed by atoms with Gasteiger partial charge in [-0.05, 0) is 22.9 Å². The van der Waals surface area contributed by atoms with Gasteiger partial charge in [-0.25, -0.2) is 0 Å². The number of nitrogens with zero attached hydrogens (tertiary/aromatic N) is 1. The summed E-state index contributed by atoms with van der Waals surface area (Å²) >= 11 is 0. The van der Waals surface area contributed by atoms with Crippen molar-refractivity contribution in [2.75, 3.05) is 13.1 Å². The highest BCUT2D eigenvalue weighted by Crippen LogP contribution is 2.20. The normalized spacial score (nSPS) is 15.8. The van der Waals surface area contributed by atoms with E-state index in [1.807, 2.05) is 30.3 Å². The molecule has 0 unspecified atom stereocenters. The van der Waals surface area contributed by atoms with Gasteiger partial charge in [0.2, 0.25) is 0 Å². The summed E-state index contributed by atoms with van der Waals surface area (Å²) in [5, 5.41) is 5.03. The van der Waals surface area contributed by atoms with Gasteiger partial charge < -0.3 is 0 Å². The van der Waals surface area contributed by atoms with Gasteiger partial charge in [-0.3, -0.25) is 5.32 Å². The van der Waals surface area contributed by atoms with Gasteiger partial charge in [0.15, 0.2) is 0 Å². The Morgan fingerprint density at radius 1 is 1.11 bits per heavy atom. The fourth-order valence-corrected chi connectivity index (χ4v) is 3.88. The lowest BCUT2D eigenvalue weighted by molar-refractivity contribution is -0.353. The maximum atomic E-state index is 12.6. The van der Waals surface area contributed by atoms with Crippen molar-refractivity contribution in [1.82, 2.24) is 5.32 Å². The van der Waals surface area contributed by atoms with Gasteiger partial charge in [-0.15, -0.1) is 3.98 Å². The minimum Gasteiger partial charge on any atom is -0.274 e. The first-order valence-electron chi connectivity index (χ1n) is 6.18. The van der Waals surface area contributed by atoms with E-state index in [0.29, 0.717) is 23.8 Å². The largest absolute Gasteiger partial charge is 0.330 e. The molecule has 2 aromatic rings. The predicted molar refractivity (Wildman–Crippen MR) is 74.9 cm³/mol. The molecule has 5 heteroatoms. The van der Waals surface area contributed by atoms with Crippen LogP contribution in [-0.2, 0) is 10.0 Å². The molecule has 1 aliphatic rings. The predicted octanol–water partition coefficient (Wildman–Crippen LogP) is 1.56. The summed E-state index contributed by atoms with van der Waals surface area (Å²) in [7, 11) is -3.45. The molecule has 19 heavy (non-hydrogen) atoms. The average Bonchev–Trinajstić information content (AvgIpc) is 2.85. The number of sulfonamides is 1. The summed E-state index contributed by atoms with van der Waals surface area (Å²) in [6, 6.07) is 13.0. The van der Waals surface area contributed by atoms with E-state index in [2.05, 4.69) is 5.32 Å². The molecule has 1 aliphatic heterocycles. The molecule has 4 nitrogen and oxygen atoms in total. The Bertz CT molecular complexity index is 779. The maximum Gasteiger partial charge on any atom is 0.330 e. The third-order valence-corrected chi connectivity index (χ3v) is 5.27. The highest BCUT2D eigenvalue weighted by molar-refractivity contribution is 7.85. The Morgan fingerprint density at radius 2 is 1.84 bits per heavy atom. The number of rotatable bonds is 2. The molecule has 0 fully saturated rings. The van der Waals surface area contributed by atoms with Crippen molar-refractivity contribution in [2.24, 2.45) is 0 Å². The van der Waals surface area contributed by atoms with Crippen LogP contribution in [0.3, 0.4) is 0 Å². The second-order valence-electron chi connectivity index (χ2n) is 4.60. The van der Waals surface area contributed by atoms with Crippen molar-refractivity contribution in [3.8, 4) is 0 Å². The van der Waals surface area contributed by atoms with Crippen LogP contribution in [0.2, 0.25) is 0 Å². The van der Waals surface area contributed by atoms with E-state index in [-0.39, 0.29) is 0 Å². The minimum atomic E-state index is -3.45. The molecule has 0 saturated carbocycles. The van der Waals surface area contributed by atoms with E-state index in [1.165, 1.54) is 3.98 Å². The Morgan fingerprint density at radius 3 is 2.53 bits per heavy atom. The van der Waals surface area contributed by atoms with E-state index < -0.39 is 10.0 Å². The molecular weight excluding hydrogens is 260 g/mol. The Kier molecular flexibility index (Phi) is 2.78. The molecule has 1 N–H and O–H groups in total. The van der Waals surface area contributed by atoms with Gasteiger partial charge in [0.25, 0.3) is 5.84 Å². The monoisotopic (exact) mass is 275 g/mol.